The van der Waals surface area contributed by atoms with Gasteiger partial charge >= 0.3 is 12.4 Å². The van der Waals surface area contributed by atoms with Gasteiger partial charge in [-0.15, -0.1) is 0 Å². The normalized spacial score (nSPS) is 21.4. The largest absolute Gasteiger partial charge is 0.416 e. The molecule has 0 aromatic heterocycles. The van der Waals surface area contributed by atoms with E-state index in [2.05, 4.69) is 5.32 Å². The zero-order chi connectivity index (χ0) is 24.4. The van der Waals surface area contributed by atoms with Crippen LogP contribution in [-0.2, 0) is 28.5 Å². The second-order valence-corrected chi connectivity index (χ2v) is 8.27. The Morgan fingerprint density at radius 2 is 1.61 bits per heavy atom. The summed E-state index contributed by atoms with van der Waals surface area (Å²) in [6.07, 6.45) is -8.73. The van der Waals surface area contributed by atoms with Crippen molar-refractivity contribution >= 4 is 5.91 Å². The number of benzene rings is 2. The molecule has 1 fully saturated rings. The fraction of sp³-hybridized carbons (Fsp3) is 0.435. The van der Waals surface area contributed by atoms with Crippen molar-refractivity contribution in [2.75, 3.05) is 6.54 Å². The first kappa shape index (κ1) is 25.0. The zero-order valence-electron chi connectivity index (χ0n) is 17.8. The summed E-state index contributed by atoms with van der Waals surface area (Å²) in [7, 11) is 0. The van der Waals surface area contributed by atoms with Gasteiger partial charge in [-0.2, -0.15) is 26.3 Å². The number of amides is 1. The van der Waals surface area contributed by atoms with E-state index in [1.54, 1.807) is 0 Å². The molecule has 1 heterocycles. The molecule has 180 valence electrons. The van der Waals surface area contributed by atoms with Crippen LogP contribution in [0.1, 0.15) is 48.1 Å². The molecule has 0 bridgehead atoms. The minimum absolute atomic E-state index is 0.0489. The SMILES string of the molecule is C[C@@](OCc1cc(C(F)(F)F)cc(C(F)(F)F)c1)(C(N)=O)[C@H]1CCCN[C@@H]1c1ccccc1. The Hall–Kier alpha value is -2.59. The Labute approximate surface area is 187 Å². The first-order valence-electron chi connectivity index (χ1n) is 10.3. The smallest absolute Gasteiger partial charge is 0.367 e. The number of primary amides is 1. The van der Waals surface area contributed by atoms with Gasteiger partial charge in [0.05, 0.1) is 17.7 Å². The Balaban J connectivity index is 1.93. The van der Waals surface area contributed by atoms with Gasteiger partial charge in [-0.25, -0.2) is 0 Å². The summed E-state index contributed by atoms with van der Waals surface area (Å²) >= 11 is 0. The number of hydrogen-bond acceptors (Lipinski definition) is 3. The number of nitrogens with one attached hydrogen (secondary N) is 1. The molecule has 3 N–H and O–H groups in total. The molecule has 0 unspecified atom stereocenters. The summed E-state index contributed by atoms with van der Waals surface area (Å²) in [5.41, 5.74) is 1.64. The molecule has 0 saturated carbocycles. The molecule has 3 rings (SSSR count). The zero-order valence-corrected chi connectivity index (χ0v) is 17.8. The highest BCUT2D eigenvalue weighted by Gasteiger charge is 2.46. The topological polar surface area (TPSA) is 64.3 Å². The molecule has 2 aromatic carbocycles. The Morgan fingerprint density at radius 3 is 2.12 bits per heavy atom. The van der Waals surface area contributed by atoms with Crippen LogP contribution in [0.15, 0.2) is 48.5 Å². The highest BCUT2D eigenvalue weighted by Crippen LogP contribution is 2.41. The van der Waals surface area contributed by atoms with E-state index < -0.39 is 47.5 Å². The number of alkyl halides is 6. The van der Waals surface area contributed by atoms with Gasteiger partial charge in [-0.1, -0.05) is 30.3 Å². The van der Waals surface area contributed by atoms with Gasteiger partial charge in [0.2, 0.25) is 5.91 Å². The molecule has 1 amide bonds. The van der Waals surface area contributed by atoms with E-state index in [1.165, 1.54) is 6.92 Å². The van der Waals surface area contributed by atoms with Gasteiger partial charge in [-0.3, -0.25) is 4.79 Å². The lowest BCUT2D eigenvalue weighted by Gasteiger charge is -2.43. The van der Waals surface area contributed by atoms with Gasteiger partial charge in [-0.05, 0) is 55.6 Å². The average Bonchev–Trinajstić information content (AvgIpc) is 2.76. The summed E-state index contributed by atoms with van der Waals surface area (Å²) in [6.45, 7) is 1.46. The predicted octanol–water partition coefficient (Wildman–Crippen LogP) is 5.23. The van der Waals surface area contributed by atoms with Crippen molar-refractivity contribution in [1.82, 2.24) is 5.32 Å². The fourth-order valence-electron chi connectivity index (χ4n) is 4.19. The van der Waals surface area contributed by atoms with E-state index >= 15 is 0 Å². The molecule has 10 heteroatoms. The Kier molecular flexibility index (Phi) is 7.09. The van der Waals surface area contributed by atoms with Crippen LogP contribution in [-0.4, -0.2) is 18.1 Å². The first-order valence-corrected chi connectivity index (χ1v) is 10.3. The van der Waals surface area contributed by atoms with E-state index in [1.807, 2.05) is 30.3 Å². The van der Waals surface area contributed by atoms with Crippen molar-refractivity contribution in [3.05, 3.63) is 70.8 Å². The number of hydrogen-bond donors (Lipinski definition) is 2. The molecule has 2 aromatic rings. The van der Waals surface area contributed by atoms with Crippen LogP contribution in [0.4, 0.5) is 26.3 Å². The lowest BCUT2D eigenvalue weighted by atomic mass is 9.75. The van der Waals surface area contributed by atoms with E-state index in [4.69, 9.17) is 10.5 Å². The maximum absolute atomic E-state index is 13.2. The molecule has 0 aliphatic carbocycles. The van der Waals surface area contributed by atoms with Crippen molar-refractivity contribution in [2.24, 2.45) is 11.7 Å². The number of halogens is 6. The molecule has 0 radical (unpaired) electrons. The van der Waals surface area contributed by atoms with Crippen LogP contribution < -0.4 is 11.1 Å². The minimum Gasteiger partial charge on any atom is -0.367 e. The van der Waals surface area contributed by atoms with Gasteiger partial charge in [0.25, 0.3) is 0 Å². The molecular weight excluding hydrogens is 450 g/mol. The lowest BCUT2D eigenvalue weighted by Crippen LogP contribution is -2.55. The third-order valence-electron chi connectivity index (χ3n) is 6.00. The standard InChI is InChI=1S/C23H24F6N2O2/c1-21(20(30)32,18-8-5-9-31-19(18)15-6-3-2-4-7-15)33-13-14-10-16(22(24,25)26)12-17(11-14)23(27,28)29/h2-4,6-7,10-12,18-19,31H,5,8-9,13H2,1H3,(H2,30,32)/t18-,19+,21-/m0/s1. The van der Waals surface area contributed by atoms with Gasteiger partial charge in [0.15, 0.2) is 0 Å². The molecule has 0 spiro atoms. The van der Waals surface area contributed by atoms with Crippen LogP contribution in [0.2, 0.25) is 0 Å². The molecule has 1 aliphatic rings. The highest BCUT2D eigenvalue weighted by atomic mass is 19.4. The van der Waals surface area contributed by atoms with Crippen molar-refractivity contribution in [2.45, 2.75) is 50.4 Å². The second kappa shape index (κ2) is 9.34. The molecule has 4 nitrogen and oxygen atoms in total. The van der Waals surface area contributed by atoms with E-state index in [0.29, 0.717) is 31.5 Å². The maximum atomic E-state index is 13.2. The molecule has 1 saturated heterocycles. The van der Waals surface area contributed by atoms with E-state index in [9.17, 15) is 31.1 Å². The van der Waals surface area contributed by atoms with Crippen LogP contribution in [0.3, 0.4) is 0 Å². The Morgan fingerprint density at radius 1 is 1.03 bits per heavy atom. The fourth-order valence-corrected chi connectivity index (χ4v) is 4.19. The number of carbonyl (C=O) groups is 1. The van der Waals surface area contributed by atoms with Crippen molar-refractivity contribution < 1.29 is 35.9 Å². The van der Waals surface area contributed by atoms with E-state index in [-0.39, 0.29) is 17.7 Å². The third-order valence-corrected chi connectivity index (χ3v) is 6.00. The summed E-state index contributed by atoms with van der Waals surface area (Å²) in [4.78, 5) is 12.5. The summed E-state index contributed by atoms with van der Waals surface area (Å²) < 4.78 is 84.8. The summed E-state index contributed by atoms with van der Waals surface area (Å²) in [6, 6.07) is 10.1. The molecule has 3 atom stereocenters. The number of ether oxygens (including phenoxy) is 1. The maximum Gasteiger partial charge on any atom is 0.416 e. The predicted molar refractivity (Wildman–Crippen MR) is 109 cm³/mol. The van der Waals surface area contributed by atoms with Crippen LogP contribution in [0, 0.1) is 5.92 Å². The van der Waals surface area contributed by atoms with Gasteiger partial charge < -0.3 is 15.8 Å². The lowest BCUT2D eigenvalue weighted by molar-refractivity contribution is -0.156. The average molecular weight is 474 g/mol. The van der Waals surface area contributed by atoms with Crippen molar-refractivity contribution in [3.8, 4) is 0 Å². The molecule has 33 heavy (non-hydrogen) atoms. The molecule has 1 aliphatic heterocycles. The van der Waals surface area contributed by atoms with Crippen molar-refractivity contribution in [3.63, 3.8) is 0 Å². The van der Waals surface area contributed by atoms with Crippen LogP contribution in [0.25, 0.3) is 0 Å². The Bertz CT molecular complexity index is 945. The quantitative estimate of drug-likeness (QED) is 0.564. The third kappa shape index (κ3) is 5.67. The van der Waals surface area contributed by atoms with Gasteiger partial charge in [0.1, 0.15) is 5.60 Å². The van der Waals surface area contributed by atoms with Gasteiger partial charge in [0, 0.05) is 12.0 Å². The monoisotopic (exact) mass is 474 g/mol. The van der Waals surface area contributed by atoms with Crippen molar-refractivity contribution in [1.29, 1.82) is 0 Å². The minimum atomic E-state index is -4.98. The number of rotatable bonds is 6. The first-order chi connectivity index (χ1) is 15.3. The summed E-state index contributed by atoms with van der Waals surface area (Å²) in [5.74, 6) is -1.33. The number of piperidine rings is 1. The van der Waals surface area contributed by atoms with Crippen LogP contribution in [0.5, 0.6) is 0 Å². The second-order valence-electron chi connectivity index (χ2n) is 8.27. The van der Waals surface area contributed by atoms with Crippen LogP contribution >= 0.6 is 0 Å². The van der Waals surface area contributed by atoms with E-state index in [0.717, 1.165) is 5.56 Å². The summed E-state index contributed by atoms with van der Waals surface area (Å²) in [5, 5.41) is 3.32. The number of carbonyl (C=O) groups excluding carboxylic acids is 1. The number of nitrogens with two attached hydrogens (primary N) is 1. The highest BCUT2D eigenvalue weighted by molar-refractivity contribution is 5.83. The molecular formula is C23H24F6N2O2.